The van der Waals surface area contributed by atoms with Crippen LogP contribution in [0.5, 0.6) is 0 Å². The normalized spacial score (nSPS) is 14.1. The molecular formula is C21H21N5O. The zero-order valence-corrected chi connectivity index (χ0v) is 15.0. The van der Waals surface area contributed by atoms with E-state index in [-0.39, 0.29) is 5.91 Å². The summed E-state index contributed by atoms with van der Waals surface area (Å²) in [5.41, 5.74) is 2.36. The Morgan fingerprint density at radius 3 is 2.15 bits per heavy atom. The number of carbonyl (C=O) groups excluding carboxylic acids is 1. The number of nitrogens with zero attached hydrogens (tertiary/aromatic N) is 4. The maximum absolute atomic E-state index is 12.5. The van der Waals surface area contributed by atoms with Crippen LogP contribution >= 0.6 is 0 Å². The minimum atomic E-state index is -0.229. The van der Waals surface area contributed by atoms with E-state index in [1.165, 1.54) is 12.0 Å². The van der Waals surface area contributed by atoms with E-state index in [9.17, 15) is 4.79 Å². The quantitative estimate of drug-likeness (QED) is 0.776. The number of para-hydroxylation sites is 2. The minimum Gasteiger partial charge on any atom is -0.368 e. The molecule has 4 rings (SSSR count). The largest absolute Gasteiger partial charge is 0.368 e. The van der Waals surface area contributed by atoms with Gasteiger partial charge >= 0.3 is 0 Å². The van der Waals surface area contributed by atoms with Crippen LogP contribution in [-0.4, -0.2) is 42.1 Å². The second-order valence-electron chi connectivity index (χ2n) is 6.39. The zero-order chi connectivity index (χ0) is 18.5. The fourth-order valence-electron chi connectivity index (χ4n) is 3.19. The summed E-state index contributed by atoms with van der Waals surface area (Å²) in [5, 5.41) is 2.86. The average molecular weight is 359 g/mol. The third kappa shape index (κ3) is 4.06. The molecule has 1 aliphatic heterocycles. The molecule has 0 saturated carbocycles. The molecule has 1 aromatic heterocycles. The van der Waals surface area contributed by atoms with Crippen LogP contribution in [0, 0.1) is 0 Å². The third-order valence-electron chi connectivity index (χ3n) is 4.64. The maximum atomic E-state index is 12.5. The van der Waals surface area contributed by atoms with Crippen LogP contribution in [0.2, 0.25) is 0 Å². The number of benzene rings is 2. The van der Waals surface area contributed by atoms with Crippen molar-refractivity contribution >= 4 is 23.1 Å². The van der Waals surface area contributed by atoms with Gasteiger partial charge in [-0.1, -0.05) is 36.4 Å². The molecule has 136 valence electrons. The summed E-state index contributed by atoms with van der Waals surface area (Å²) in [7, 11) is 0. The molecule has 1 aliphatic rings. The van der Waals surface area contributed by atoms with Crippen molar-refractivity contribution < 1.29 is 4.79 Å². The number of rotatable bonds is 4. The molecule has 1 fully saturated rings. The predicted octanol–water partition coefficient (Wildman–Crippen LogP) is 3.06. The van der Waals surface area contributed by atoms with Gasteiger partial charge in [0, 0.05) is 43.6 Å². The fourth-order valence-corrected chi connectivity index (χ4v) is 3.19. The van der Waals surface area contributed by atoms with Gasteiger partial charge in [-0.3, -0.25) is 4.79 Å². The lowest BCUT2D eigenvalue weighted by Gasteiger charge is -2.36. The zero-order valence-electron chi connectivity index (χ0n) is 15.0. The molecule has 0 spiro atoms. The average Bonchev–Trinajstić information content (AvgIpc) is 2.75. The highest BCUT2D eigenvalue weighted by molar-refractivity contribution is 6.03. The topological polar surface area (TPSA) is 61.4 Å². The van der Waals surface area contributed by atoms with Crippen molar-refractivity contribution in [2.24, 2.45) is 0 Å². The summed E-state index contributed by atoms with van der Waals surface area (Å²) in [4.78, 5) is 25.5. The van der Waals surface area contributed by atoms with Gasteiger partial charge in [0.25, 0.3) is 5.91 Å². The highest BCUT2D eigenvalue weighted by Crippen LogP contribution is 2.19. The van der Waals surface area contributed by atoms with Gasteiger partial charge in [0.2, 0.25) is 0 Å². The molecule has 0 atom stereocenters. The van der Waals surface area contributed by atoms with Crippen molar-refractivity contribution in [3.8, 4) is 0 Å². The molecule has 0 radical (unpaired) electrons. The Hall–Kier alpha value is -3.41. The molecule has 0 aliphatic carbocycles. The lowest BCUT2D eigenvalue weighted by atomic mass is 10.2. The van der Waals surface area contributed by atoms with E-state index in [0.717, 1.165) is 37.7 Å². The van der Waals surface area contributed by atoms with Crippen molar-refractivity contribution in [2.45, 2.75) is 0 Å². The molecule has 1 saturated heterocycles. The highest BCUT2D eigenvalue weighted by Gasteiger charge is 2.19. The lowest BCUT2D eigenvalue weighted by molar-refractivity contribution is 0.102. The number of anilines is 3. The summed E-state index contributed by atoms with van der Waals surface area (Å²) in [5.74, 6) is 0.559. The first kappa shape index (κ1) is 17.0. The van der Waals surface area contributed by atoms with Gasteiger partial charge in [0.15, 0.2) is 0 Å². The van der Waals surface area contributed by atoms with Crippen LogP contribution in [0.25, 0.3) is 0 Å². The van der Waals surface area contributed by atoms with Gasteiger partial charge in [-0.05, 0) is 24.3 Å². The molecule has 0 bridgehead atoms. The van der Waals surface area contributed by atoms with Gasteiger partial charge in [-0.15, -0.1) is 0 Å². The predicted molar refractivity (Wildman–Crippen MR) is 107 cm³/mol. The second-order valence-corrected chi connectivity index (χ2v) is 6.39. The smallest absolute Gasteiger partial charge is 0.274 e. The van der Waals surface area contributed by atoms with E-state index < -0.39 is 0 Å². The Balaban J connectivity index is 1.42. The van der Waals surface area contributed by atoms with Gasteiger partial charge < -0.3 is 15.1 Å². The first-order chi connectivity index (χ1) is 13.3. The van der Waals surface area contributed by atoms with Crippen molar-refractivity contribution in [1.82, 2.24) is 9.97 Å². The van der Waals surface area contributed by atoms with Crippen LogP contribution in [-0.2, 0) is 0 Å². The Kier molecular flexibility index (Phi) is 4.96. The Bertz CT molecular complexity index is 893. The van der Waals surface area contributed by atoms with E-state index in [0.29, 0.717) is 5.69 Å². The molecule has 27 heavy (non-hydrogen) atoms. The number of amides is 1. The first-order valence-corrected chi connectivity index (χ1v) is 9.03. The van der Waals surface area contributed by atoms with E-state index in [2.05, 4.69) is 49.4 Å². The molecule has 1 N–H and O–H groups in total. The number of piperazine rings is 1. The maximum Gasteiger partial charge on any atom is 0.274 e. The van der Waals surface area contributed by atoms with Crippen LogP contribution < -0.4 is 15.1 Å². The van der Waals surface area contributed by atoms with Crippen molar-refractivity contribution in [1.29, 1.82) is 0 Å². The van der Waals surface area contributed by atoms with Gasteiger partial charge in [-0.2, -0.15) is 0 Å². The minimum absolute atomic E-state index is 0.229. The number of nitrogens with one attached hydrogen (secondary N) is 1. The molecular weight excluding hydrogens is 338 g/mol. The molecule has 6 heteroatoms. The Morgan fingerprint density at radius 2 is 1.44 bits per heavy atom. The van der Waals surface area contributed by atoms with Gasteiger partial charge in [-0.25, -0.2) is 9.97 Å². The molecule has 2 aromatic carbocycles. The monoisotopic (exact) mass is 359 g/mol. The summed E-state index contributed by atoms with van der Waals surface area (Å²) in [6.45, 7) is 3.54. The summed E-state index contributed by atoms with van der Waals surface area (Å²) < 4.78 is 0. The third-order valence-corrected chi connectivity index (χ3v) is 4.64. The summed E-state index contributed by atoms with van der Waals surface area (Å²) in [6, 6.07) is 21.5. The molecule has 0 unspecified atom stereocenters. The highest BCUT2D eigenvalue weighted by atomic mass is 16.1. The first-order valence-electron chi connectivity index (χ1n) is 9.03. The second kappa shape index (κ2) is 7.86. The van der Waals surface area contributed by atoms with Crippen LogP contribution in [0.15, 0.2) is 73.1 Å². The SMILES string of the molecule is O=C(Nc1ccccc1)c1cc(N2CCN(c3ccccc3)CC2)ncn1. The van der Waals surface area contributed by atoms with E-state index in [1.807, 2.05) is 36.4 Å². The summed E-state index contributed by atoms with van der Waals surface area (Å²) in [6.07, 6.45) is 1.46. The Labute approximate surface area is 158 Å². The molecule has 1 amide bonds. The van der Waals surface area contributed by atoms with Crippen LogP contribution in [0.4, 0.5) is 17.2 Å². The number of hydrogen-bond donors (Lipinski definition) is 1. The summed E-state index contributed by atoms with van der Waals surface area (Å²) >= 11 is 0. The van der Waals surface area contributed by atoms with E-state index in [4.69, 9.17) is 0 Å². The fraction of sp³-hybridized carbons (Fsp3) is 0.190. The van der Waals surface area contributed by atoms with Gasteiger partial charge in [0.1, 0.15) is 17.8 Å². The van der Waals surface area contributed by atoms with E-state index in [1.54, 1.807) is 6.07 Å². The van der Waals surface area contributed by atoms with E-state index >= 15 is 0 Å². The van der Waals surface area contributed by atoms with Crippen molar-refractivity contribution in [3.05, 3.63) is 78.8 Å². The Morgan fingerprint density at radius 1 is 0.815 bits per heavy atom. The van der Waals surface area contributed by atoms with Gasteiger partial charge in [0.05, 0.1) is 0 Å². The van der Waals surface area contributed by atoms with Crippen molar-refractivity contribution in [3.63, 3.8) is 0 Å². The molecule has 6 nitrogen and oxygen atoms in total. The number of hydrogen-bond acceptors (Lipinski definition) is 5. The van der Waals surface area contributed by atoms with Crippen LogP contribution in [0.1, 0.15) is 10.5 Å². The standard InChI is InChI=1S/C21H21N5O/c27-21(24-17-7-3-1-4-8-17)19-15-20(23-16-22-19)26-13-11-25(12-14-26)18-9-5-2-6-10-18/h1-10,15-16H,11-14H2,(H,24,27). The molecule has 2 heterocycles. The number of carbonyl (C=O) groups is 1. The molecule has 3 aromatic rings. The van der Waals surface area contributed by atoms with Crippen LogP contribution in [0.3, 0.4) is 0 Å². The lowest BCUT2D eigenvalue weighted by Crippen LogP contribution is -2.46. The number of aromatic nitrogens is 2. The van der Waals surface area contributed by atoms with Crippen molar-refractivity contribution in [2.75, 3.05) is 41.3 Å².